The fourth-order valence-electron chi connectivity index (χ4n) is 3.53. The molecule has 5 nitrogen and oxygen atoms in total. The summed E-state index contributed by atoms with van der Waals surface area (Å²) in [5.41, 5.74) is 0. The van der Waals surface area contributed by atoms with E-state index in [0.29, 0.717) is 12.5 Å². The van der Waals surface area contributed by atoms with E-state index in [0.717, 1.165) is 25.1 Å². The molecule has 1 aromatic heterocycles. The minimum absolute atomic E-state index is 0.0399. The summed E-state index contributed by atoms with van der Waals surface area (Å²) < 4.78 is 2.15. The van der Waals surface area contributed by atoms with Gasteiger partial charge in [-0.15, -0.1) is 10.2 Å². The SMILES string of the molecule is O=C(O)C1CC=CCC1c1nncn1C1CCCCC1. The normalized spacial score (nSPS) is 27.6. The lowest BCUT2D eigenvalue weighted by Gasteiger charge is -2.29. The Balaban J connectivity index is 1.87. The predicted molar refractivity (Wildman–Crippen MR) is 74.4 cm³/mol. The van der Waals surface area contributed by atoms with Gasteiger partial charge in [-0.05, 0) is 25.7 Å². The average molecular weight is 275 g/mol. The fourth-order valence-corrected chi connectivity index (χ4v) is 3.53. The van der Waals surface area contributed by atoms with Crippen molar-refractivity contribution in [2.24, 2.45) is 5.92 Å². The Hall–Kier alpha value is -1.65. The van der Waals surface area contributed by atoms with Crippen LogP contribution in [0.1, 0.15) is 62.7 Å². The zero-order chi connectivity index (χ0) is 13.9. The quantitative estimate of drug-likeness (QED) is 0.861. The number of nitrogens with zero attached hydrogens (tertiary/aromatic N) is 3. The average Bonchev–Trinajstić information content (AvgIpc) is 2.97. The number of carbonyl (C=O) groups is 1. The third-order valence-corrected chi connectivity index (χ3v) is 4.65. The molecule has 108 valence electrons. The molecule has 2 atom stereocenters. The molecule has 5 heteroatoms. The van der Waals surface area contributed by atoms with Gasteiger partial charge in [0.2, 0.25) is 0 Å². The first kappa shape index (κ1) is 13.3. The van der Waals surface area contributed by atoms with Crippen LogP contribution >= 0.6 is 0 Å². The molecule has 0 aromatic carbocycles. The summed E-state index contributed by atoms with van der Waals surface area (Å²) in [5.74, 6) is -0.264. The van der Waals surface area contributed by atoms with Crippen LogP contribution in [0.5, 0.6) is 0 Å². The molecule has 2 aliphatic carbocycles. The number of hydrogen-bond donors (Lipinski definition) is 1. The maximum absolute atomic E-state index is 11.5. The Morgan fingerprint density at radius 3 is 2.70 bits per heavy atom. The zero-order valence-corrected chi connectivity index (χ0v) is 11.6. The summed E-state index contributed by atoms with van der Waals surface area (Å²) in [4.78, 5) is 11.5. The van der Waals surface area contributed by atoms with Crippen LogP contribution in [-0.2, 0) is 4.79 Å². The molecule has 1 N–H and O–H groups in total. The smallest absolute Gasteiger partial charge is 0.307 e. The van der Waals surface area contributed by atoms with E-state index in [2.05, 4.69) is 20.8 Å². The Kier molecular flexibility index (Phi) is 3.85. The number of rotatable bonds is 3. The molecular weight excluding hydrogens is 254 g/mol. The van der Waals surface area contributed by atoms with Gasteiger partial charge >= 0.3 is 5.97 Å². The van der Waals surface area contributed by atoms with E-state index in [-0.39, 0.29) is 11.8 Å². The molecule has 1 aromatic rings. The Morgan fingerprint density at radius 2 is 1.95 bits per heavy atom. The molecule has 20 heavy (non-hydrogen) atoms. The molecule has 1 heterocycles. The van der Waals surface area contributed by atoms with Crippen molar-refractivity contribution in [1.29, 1.82) is 0 Å². The van der Waals surface area contributed by atoms with Gasteiger partial charge in [0.05, 0.1) is 5.92 Å². The predicted octanol–water partition coefficient (Wildman–Crippen LogP) is 2.92. The van der Waals surface area contributed by atoms with Crippen molar-refractivity contribution in [2.45, 2.75) is 56.9 Å². The van der Waals surface area contributed by atoms with E-state index in [1.54, 1.807) is 6.33 Å². The van der Waals surface area contributed by atoms with Crippen LogP contribution in [0, 0.1) is 5.92 Å². The van der Waals surface area contributed by atoms with E-state index >= 15 is 0 Å². The van der Waals surface area contributed by atoms with Gasteiger partial charge < -0.3 is 9.67 Å². The minimum Gasteiger partial charge on any atom is -0.481 e. The van der Waals surface area contributed by atoms with Crippen molar-refractivity contribution < 1.29 is 9.90 Å². The van der Waals surface area contributed by atoms with Crippen LogP contribution in [0.3, 0.4) is 0 Å². The maximum atomic E-state index is 11.5. The lowest BCUT2D eigenvalue weighted by atomic mass is 9.82. The lowest BCUT2D eigenvalue weighted by Crippen LogP contribution is -2.27. The maximum Gasteiger partial charge on any atom is 0.307 e. The topological polar surface area (TPSA) is 68.0 Å². The van der Waals surface area contributed by atoms with Crippen molar-refractivity contribution in [3.8, 4) is 0 Å². The molecule has 2 unspecified atom stereocenters. The molecule has 0 saturated heterocycles. The van der Waals surface area contributed by atoms with Crippen LogP contribution in [0.15, 0.2) is 18.5 Å². The molecule has 3 rings (SSSR count). The first-order chi connectivity index (χ1) is 9.77. The van der Waals surface area contributed by atoms with Crippen molar-refractivity contribution in [3.05, 3.63) is 24.3 Å². The molecule has 0 bridgehead atoms. The Bertz CT molecular complexity index is 503. The molecule has 0 radical (unpaired) electrons. The molecule has 0 amide bonds. The fraction of sp³-hybridized carbons (Fsp3) is 0.667. The summed E-state index contributed by atoms with van der Waals surface area (Å²) in [6.07, 6.45) is 13.3. The highest BCUT2D eigenvalue weighted by Gasteiger charge is 2.34. The second-order valence-corrected chi connectivity index (χ2v) is 5.88. The summed E-state index contributed by atoms with van der Waals surface area (Å²) in [6, 6.07) is 0.453. The van der Waals surface area contributed by atoms with Gasteiger partial charge in [0.25, 0.3) is 0 Å². The minimum atomic E-state index is -0.724. The van der Waals surface area contributed by atoms with Crippen LogP contribution < -0.4 is 0 Å². The van der Waals surface area contributed by atoms with E-state index in [9.17, 15) is 9.90 Å². The first-order valence-corrected chi connectivity index (χ1v) is 7.54. The van der Waals surface area contributed by atoms with Gasteiger partial charge in [0.15, 0.2) is 0 Å². The Labute approximate surface area is 118 Å². The van der Waals surface area contributed by atoms with E-state index in [4.69, 9.17) is 0 Å². The first-order valence-electron chi connectivity index (χ1n) is 7.54. The Morgan fingerprint density at radius 1 is 1.20 bits per heavy atom. The second-order valence-electron chi connectivity index (χ2n) is 5.88. The van der Waals surface area contributed by atoms with E-state index < -0.39 is 5.97 Å². The largest absolute Gasteiger partial charge is 0.481 e. The molecule has 2 aliphatic rings. The van der Waals surface area contributed by atoms with Gasteiger partial charge in [-0.3, -0.25) is 4.79 Å². The summed E-state index contributed by atoms with van der Waals surface area (Å²) in [7, 11) is 0. The molecule has 0 aliphatic heterocycles. The third-order valence-electron chi connectivity index (χ3n) is 4.65. The highest BCUT2D eigenvalue weighted by Crippen LogP contribution is 2.37. The summed E-state index contributed by atoms with van der Waals surface area (Å²) >= 11 is 0. The van der Waals surface area contributed by atoms with Crippen LogP contribution in [0.25, 0.3) is 0 Å². The summed E-state index contributed by atoms with van der Waals surface area (Å²) in [6.45, 7) is 0. The van der Waals surface area contributed by atoms with Crippen LogP contribution in [0.2, 0.25) is 0 Å². The van der Waals surface area contributed by atoms with Gasteiger partial charge in [-0.1, -0.05) is 31.4 Å². The zero-order valence-electron chi connectivity index (χ0n) is 11.6. The highest BCUT2D eigenvalue weighted by molar-refractivity contribution is 5.71. The number of carboxylic acid groups (broad SMARTS) is 1. The number of aliphatic carboxylic acids is 1. The monoisotopic (exact) mass is 275 g/mol. The standard InChI is InChI=1S/C15H21N3O2/c19-15(20)13-9-5-4-8-12(13)14-17-16-10-18(14)11-6-2-1-3-7-11/h4-5,10-13H,1-3,6-9H2,(H,19,20). The number of allylic oxidation sites excluding steroid dienone is 2. The van der Waals surface area contributed by atoms with Gasteiger partial charge in [0.1, 0.15) is 12.2 Å². The van der Waals surface area contributed by atoms with Gasteiger partial charge in [-0.25, -0.2) is 0 Å². The number of hydrogen-bond acceptors (Lipinski definition) is 3. The summed E-state index contributed by atoms with van der Waals surface area (Å²) in [5, 5.41) is 17.7. The van der Waals surface area contributed by atoms with Crippen LogP contribution in [0.4, 0.5) is 0 Å². The van der Waals surface area contributed by atoms with Crippen molar-refractivity contribution in [2.75, 3.05) is 0 Å². The number of carboxylic acids is 1. The van der Waals surface area contributed by atoms with Crippen molar-refractivity contribution >= 4 is 5.97 Å². The molecule has 1 saturated carbocycles. The van der Waals surface area contributed by atoms with Crippen LogP contribution in [-0.4, -0.2) is 25.8 Å². The molecule has 0 spiro atoms. The van der Waals surface area contributed by atoms with Crippen molar-refractivity contribution in [3.63, 3.8) is 0 Å². The van der Waals surface area contributed by atoms with Crippen molar-refractivity contribution in [1.82, 2.24) is 14.8 Å². The molecular formula is C15H21N3O2. The van der Waals surface area contributed by atoms with Gasteiger partial charge in [-0.2, -0.15) is 0 Å². The highest BCUT2D eigenvalue weighted by atomic mass is 16.4. The molecule has 1 fully saturated rings. The van der Waals surface area contributed by atoms with E-state index in [1.165, 1.54) is 19.3 Å². The lowest BCUT2D eigenvalue weighted by molar-refractivity contribution is -0.142. The van der Waals surface area contributed by atoms with E-state index in [1.807, 2.05) is 6.08 Å². The second kappa shape index (κ2) is 5.77. The third kappa shape index (κ3) is 2.49. The van der Waals surface area contributed by atoms with Gasteiger partial charge in [0, 0.05) is 12.0 Å². The number of aromatic nitrogens is 3.